The number of benzene rings is 2. The van der Waals surface area contributed by atoms with Crippen LogP contribution in [0.25, 0.3) is 0 Å². The number of thioether (sulfide) groups is 1. The molecule has 27 heavy (non-hydrogen) atoms. The molecule has 0 saturated carbocycles. The fraction of sp³-hybridized carbons (Fsp3) is 0.300. The maximum Gasteiger partial charge on any atom is 0.338 e. The van der Waals surface area contributed by atoms with Gasteiger partial charge in [0.15, 0.2) is 0 Å². The standard InChI is InChI=1S/C20H21ClFNO3S/c1-2-3-10-26-20(25)14-5-8-17(9-6-14)23-19(24)13-27-12-15-4-7-16(21)11-18(15)22/h4-9,11H,2-3,10,12-13H2,1H3,(H,23,24). The van der Waals surface area contributed by atoms with Crippen molar-refractivity contribution in [1.29, 1.82) is 0 Å². The van der Waals surface area contributed by atoms with E-state index in [1.165, 1.54) is 17.8 Å². The Bertz CT molecular complexity index is 783. The van der Waals surface area contributed by atoms with Gasteiger partial charge in [0, 0.05) is 16.5 Å². The average molecular weight is 410 g/mol. The number of carbonyl (C=O) groups is 2. The average Bonchev–Trinajstić information content (AvgIpc) is 2.64. The van der Waals surface area contributed by atoms with Gasteiger partial charge >= 0.3 is 5.97 Å². The van der Waals surface area contributed by atoms with Crippen LogP contribution in [0.15, 0.2) is 42.5 Å². The summed E-state index contributed by atoms with van der Waals surface area (Å²) in [5, 5.41) is 3.09. The zero-order chi connectivity index (χ0) is 19.6. The van der Waals surface area contributed by atoms with Crippen molar-refractivity contribution in [2.75, 3.05) is 17.7 Å². The highest BCUT2D eigenvalue weighted by Crippen LogP contribution is 2.20. The van der Waals surface area contributed by atoms with E-state index in [9.17, 15) is 14.0 Å². The largest absolute Gasteiger partial charge is 0.462 e. The number of hydrogen-bond donors (Lipinski definition) is 1. The van der Waals surface area contributed by atoms with Gasteiger partial charge < -0.3 is 10.1 Å². The number of anilines is 1. The van der Waals surface area contributed by atoms with E-state index in [0.29, 0.717) is 34.2 Å². The van der Waals surface area contributed by atoms with Crippen LogP contribution in [0.2, 0.25) is 5.02 Å². The Kier molecular flexibility index (Phi) is 8.61. The smallest absolute Gasteiger partial charge is 0.338 e. The Balaban J connectivity index is 1.77. The lowest BCUT2D eigenvalue weighted by Crippen LogP contribution is -2.14. The summed E-state index contributed by atoms with van der Waals surface area (Å²) in [5.74, 6) is -0.395. The van der Waals surface area contributed by atoms with E-state index in [4.69, 9.17) is 16.3 Å². The summed E-state index contributed by atoms with van der Waals surface area (Å²) in [4.78, 5) is 23.8. The van der Waals surface area contributed by atoms with Gasteiger partial charge in [0.25, 0.3) is 0 Å². The van der Waals surface area contributed by atoms with Crippen LogP contribution in [0.5, 0.6) is 0 Å². The molecule has 2 aromatic rings. The molecule has 0 aromatic heterocycles. The van der Waals surface area contributed by atoms with E-state index in [1.54, 1.807) is 36.4 Å². The summed E-state index contributed by atoms with van der Waals surface area (Å²) in [6.45, 7) is 2.43. The van der Waals surface area contributed by atoms with Gasteiger partial charge in [-0.05, 0) is 48.4 Å². The fourth-order valence-corrected chi connectivity index (χ4v) is 3.14. The van der Waals surface area contributed by atoms with Crippen LogP contribution in [-0.4, -0.2) is 24.2 Å². The Hall–Kier alpha value is -2.05. The lowest BCUT2D eigenvalue weighted by Gasteiger charge is -2.07. The maximum atomic E-state index is 13.7. The van der Waals surface area contributed by atoms with Gasteiger partial charge in [-0.15, -0.1) is 11.8 Å². The number of rotatable bonds is 9. The molecule has 0 radical (unpaired) electrons. The number of amides is 1. The molecular formula is C20H21ClFNO3S. The van der Waals surface area contributed by atoms with Crippen molar-refractivity contribution in [2.24, 2.45) is 0 Å². The van der Waals surface area contributed by atoms with E-state index in [0.717, 1.165) is 12.8 Å². The van der Waals surface area contributed by atoms with Gasteiger partial charge in [-0.25, -0.2) is 9.18 Å². The lowest BCUT2D eigenvalue weighted by atomic mass is 10.2. The van der Waals surface area contributed by atoms with Crippen molar-refractivity contribution in [3.05, 3.63) is 64.4 Å². The minimum atomic E-state index is -0.378. The van der Waals surface area contributed by atoms with Crippen LogP contribution >= 0.6 is 23.4 Å². The van der Waals surface area contributed by atoms with Crippen LogP contribution in [0.4, 0.5) is 10.1 Å². The fourth-order valence-electron chi connectivity index (χ4n) is 2.17. The lowest BCUT2D eigenvalue weighted by molar-refractivity contribution is -0.113. The molecule has 0 saturated heterocycles. The first-order valence-corrected chi connectivity index (χ1v) is 10.1. The molecule has 0 spiro atoms. The number of halogens is 2. The third kappa shape index (κ3) is 7.23. The third-order valence-electron chi connectivity index (χ3n) is 3.64. The second kappa shape index (κ2) is 10.9. The Labute approximate surface area is 167 Å². The van der Waals surface area contributed by atoms with E-state index in [2.05, 4.69) is 5.32 Å². The Morgan fingerprint density at radius 3 is 2.59 bits per heavy atom. The van der Waals surface area contributed by atoms with Gasteiger partial charge in [0.05, 0.1) is 17.9 Å². The minimum absolute atomic E-state index is 0.183. The van der Waals surface area contributed by atoms with E-state index in [1.807, 2.05) is 6.92 Å². The van der Waals surface area contributed by atoms with Crippen LogP contribution < -0.4 is 5.32 Å². The van der Waals surface area contributed by atoms with Gasteiger partial charge in [0.2, 0.25) is 5.91 Å². The molecule has 0 aliphatic heterocycles. The Morgan fingerprint density at radius 1 is 1.19 bits per heavy atom. The topological polar surface area (TPSA) is 55.4 Å². The Morgan fingerprint density at radius 2 is 1.93 bits per heavy atom. The molecule has 0 fully saturated rings. The quantitative estimate of drug-likeness (QED) is 0.450. The molecule has 0 atom stereocenters. The van der Waals surface area contributed by atoms with E-state index in [-0.39, 0.29) is 23.4 Å². The number of esters is 1. The highest BCUT2D eigenvalue weighted by molar-refractivity contribution is 7.99. The van der Waals surface area contributed by atoms with Crippen molar-refractivity contribution in [1.82, 2.24) is 0 Å². The maximum absolute atomic E-state index is 13.7. The zero-order valence-corrected chi connectivity index (χ0v) is 16.5. The van der Waals surface area contributed by atoms with Gasteiger partial charge in [-0.1, -0.05) is 31.0 Å². The SMILES string of the molecule is CCCCOC(=O)c1ccc(NC(=O)CSCc2ccc(Cl)cc2F)cc1. The second-order valence-corrected chi connectivity index (χ2v) is 7.27. The molecule has 4 nitrogen and oxygen atoms in total. The molecule has 0 aliphatic rings. The first kappa shape index (κ1) is 21.3. The second-order valence-electron chi connectivity index (χ2n) is 5.84. The van der Waals surface area contributed by atoms with Crippen molar-refractivity contribution in [3.8, 4) is 0 Å². The first-order valence-electron chi connectivity index (χ1n) is 8.58. The van der Waals surface area contributed by atoms with Gasteiger partial charge in [0.1, 0.15) is 5.82 Å². The molecule has 0 heterocycles. The highest BCUT2D eigenvalue weighted by Gasteiger charge is 2.09. The number of carbonyl (C=O) groups excluding carboxylic acids is 2. The molecule has 7 heteroatoms. The van der Waals surface area contributed by atoms with Crippen LogP contribution in [0.1, 0.15) is 35.7 Å². The monoisotopic (exact) mass is 409 g/mol. The molecule has 1 N–H and O–H groups in total. The molecular weight excluding hydrogens is 389 g/mol. The van der Waals surface area contributed by atoms with E-state index < -0.39 is 0 Å². The predicted octanol–water partition coefficient (Wildman–Crippen LogP) is 5.31. The normalized spacial score (nSPS) is 10.5. The van der Waals surface area contributed by atoms with Crippen LogP contribution in [0.3, 0.4) is 0 Å². The molecule has 0 aliphatic carbocycles. The van der Waals surface area contributed by atoms with Crippen LogP contribution in [-0.2, 0) is 15.3 Å². The van der Waals surface area contributed by atoms with Crippen molar-refractivity contribution in [3.63, 3.8) is 0 Å². The molecule has 2 aromatic carbocycles. The molecule has 144 valence electrons. The molecule has 0 bridgehead atoms. The summed E-state index contributed by atoms with van der Waals surface area (Å²) in [7, 11) is 0. The zero-order valence-electron chi connectivity index (χ0n) is 15.0. The van der Waals surface area contributed by atoms with Crippen molar-refractivity contribution < 1.29 is 18.7 Å². The molecule has 0 unspecified atom stereocenters. The summed E-state index contributed by atoms with van der Waals surface area (Å²) >= 11 is 7.02. The number of ether oxygens (including phenoxy) is 1. The first-order chi connectivity index (χ1) is 13.0. The van der Waals surface area contributed by atoms with Gasteiger partial charge in [-0.2, -0.15) is 0 Å². The predicted molar refractivity (Wildman–Crippen MR) is 108 cm³/mol. The van der Waals surface area contributed by atoms with E-state index >= 15 is 0 Å². The van der Waals surface area contributed by atoms with Gasteiger partial charge in [-0.3, -0.25) is 4.79 Å². The minimum Gasteiger partial charge on any atom is -0.462 e. The third-order valence-corrected chi connectivity index (χ3v) is 4.86. The molecule has 1 amide bonds. The highest BCUT2D eigenvalue weighted by atomic mass is 35.5. The molecule has 2 rings (SSSR count). The number of unbranched alkanes of at least 4 members (excludes halogenated alkanes) is 1. The summed E-state index contributed by atoms with van der Waals surface area (Å²) in [6.07, 6.45) is 1.79. The number of nitrogens with one attached hydrogen (secondary N) is 1. The van der Waals surface area contributed by atoms with Crippen molar-refractivity contribution >= 4 is 40.9 Å². The van der Waals surface area contributed by atoms with Crippen LogP contribution in [0, 0.1) is 5.82 Å². The number of hydrogen-bond acceptors (Lipinski definition) is 4. The van der Waals surface area contributed by atoms with Crippen molar-refractivity contribution in [2.45, 2.75) is 25.5 Å². The summed E-state index contributed by atoms with van der Waals surface area (Å²) < 4.78 is 18.8. The summed E-state index contributed by atoms with van der Waals surface area (Å²) in [6, 6.07) is 11.0. The summed E-state index contributed by atoms with van der Waals surface area (Å²) in [5.41, 5.74) is 1.53.